The first kappa shape index (κ1) is 15.4. The van der Waals surface area contributed by atoms with E-state index in [1.54, 1.807) is 0 Å². The number of hydrogen-bond acceptors (Lipinski definition) is 5. The van der Waals surface area contributed by atoms with Crippen molar-refractivity contribution >= 4 is 17.5 Å². The number of anilines is 1. The molecule has 1 aromatic carbocycles. The third kappa shape index (κ3) is 2.75. The second-order valence-electron chi connectivity index (χ2n) is 6.75. The zero-order chi connectivity index (χ0) is 16.5. The number of carbonyl (C=O) groups excluding carboxylic acids is 2. The van der Waals surface area contributed by atoms with Gasteiger partial charge >= 0.3 is 0 Å². The number of fused-ring (bicyclic) bond motifs is 1. The van der Waals surface area contributed by atoms with Crippen molar-refractivity contribution in [1.29, 1.82) is 0 Å². The Labute approximate surface area is 141 Å². The van der Waals surface area contributed by atoms with E-state index in [0.29, 0.717) is 31.9 Å². The van der Waals surface area contributed by atoms with Crippen molar-refractivity contribution in [1.82, 2.24) is 10.6 Å². The summed E-state index contributed by atoms with van der Waals surface area (Å²) in [5.74, 6) is 1.01. The number of para-hydroxylation sites is 1. The van der Waals surface area contributed by atoms with Crippen molar-refractivity contribution in [3.05, 3.63) is 23.8 Å². The summed E-state index contributed by atoms with van der Waals surface area (Å²) in [4.78, 5) is 25.8. The van der Waals surface area contributed by atoms with Gasteiger partial charge < -0.3 is 15.0 Å². The standard InChI is InChI=1S/C18H23N3O3/c22-16-7-6-15(18(23)20-16)21-9-10-24-17-13(4-1-5-14(17)21)12-3-2-8-19-11-12/h1,4-5,12,15,19H,2-3,6-11H2,(H,20,22,23). The van der Waals surface area contributed by atoms with Crippen LogP contribution in [0.5, 0.6) is 5.75 Å². The first-order chi connectivity index (χ1) is 11.7. The molecule has 2 atom stereocenters. The molecule has 2 saturated heterocycles. The fraction of sp³-hybridized carbons (Fsp3) is 0.556. The van der Waals surface area contributed by atoms with Crippen LogP contribution in [0.15, 0.2) is 18.2 Å². The molecule has 6 heteroatoms. The molecular formula is C18H23N3O3. The molecule has 24 heavy (non-hydrogen) atoms. The molecule has 0 bridgehead atoms. The molecular weight excluding hydrogens is 306 g/mol. The second kappa shape index (κ2) is 6.43. The van der Waals surface area contributed by atoms with E-state index in [2.05, 4.69) is 27.7 Å². The van der Waals surface area contributed by atoms with E-state index in [1.807, 2.05) is 6.07 Å². The molecule has 1 aromatic rings. The van der Waals surface area contributed by atoms with Gasteiger partial charge in [-0.1, -0.05) is 12.1 Å². The highest BCUT2D eigenvalue weighted by Crippen LogP contribution is 2.41. The number of amides is 2. The topological polar surface area (TPSA) is 70.7 Å². The normalized spacial score (nSPS) is 27.2. The van der Waals surface area contributed by atoms with Gasteiger partial charge in [-0.05, 0) is 31.9 Å². The Morgan fingerprint density at radius 3 is 2.92 bits per heavy atom. The minimum Gasteiger partial charge on any atom is -0.489 e. The van der Waals surface area contributed by atoms with Crippen LogP contribution >= 0.6 is 0 Å². The molecule has 2 N–H and O–H groups in total. The first-order valence-corrected chi connectivity index (χ1v) is 8.81. The molecule has 4 rings (SSSR count). The minimum absolute atomic E-state index is 0.174. The number of ether oxygens (including phenoxy) is 1. The largest absolute Gasteiger partial charge is 0.489 e. The van der Waals surface area contributed by atoms with Crippen molar-refractivity contribution in [2.45, 2.75) is 37.6 Å². The highest BCUT2D eigenvalue weighted by molar-refractivity contribution is 6.01. The van der Waals surface area contributed by atoms with Gasteiger partial charge in [0.1, 0.15) is 18.4 Å². The van der Waals surface area contributed by atoms with Crippen molar-refractivity contribution in [2.75, 3.05) is 31.1 Å². The lowest BCUT2D eigenvalue weighted by Gasteiger charge is -2.39. The van der Waals surface area contributed by atoms with Crippen LogP contribution in [0, 0.1) is 0 Å². The number of piperidine rings is 2. The van der Waals surface area contributed by atoms with Crippen LogP contribution in [-0.2, 0) is 9.59 Å². The Morgan fingerprint density at radius 2 is 2.12 bits per heavy atom. The van der Waals surface area contributed by atoms with E-state index in [0.717, 1.165) is 30.9 Å². The lowest BCUT2D eigenvalue weighted by molar-refractivity contribution is -0.134. The van der Waals surface area contributed by atoms with Crippen LogP contribution in [0.1, 0.15) is 37.2 Å². The number of hydrogen-bond donors (Lipinski definition) is 2. The molecule has 2 fully saturated rings. The molecule has 0 spiro atoms. The minimum atomic E-state index is -0.287. The molecule has 2 amide bonds. The maximum absolute atomic E-state index is 12.3. The number of nitrogens with one attached hydrogen (secondary N) is 2. The Bertz CT molecular complexity index is 655. The van der Waals surface area contributed by atoms with Crippen LogP contribution in [0.25, 0.3) is 0 Å². The Morgan fingerprint density at radius 1 is 1.21 bits per heavy atom. The highest BCUT2D eigenvalue weighted by atomic mass is 16.5. The van der Waals surface area contributed by atoms with Gasteiger partial charge in [0.25, 0.3) is 0 Å². The van der Waals surface area contributed by atoms with Crippen LogP contribution < -0.4 is 20.3 Å². The van der Waals surface area contributed by atoms with Gasteiger partial charge in [-0.3, -0.25) is 14.9 Å². The molecule has 6 nitrogen and oxygen atoms in total. The summed E-state index contributed by atoms with van der Waals surface area (Å²) in [7, 11) is 0. The first-order valence-electron chi connectivity index (χ1n) is 8.81. The second-order valence-corrected chi connectivity index (χ2v) is 6.75. The predicted octanol–water partition coefficient (Wildman–Crippen LogP) is 1.16. The Balaban J connectivity index is 1.65. The summed E-state index contributed by atoms with van der Waals surface area (Å²) in [5.41, 5.74) is 2.22. The molecule has 128 valence electrons. The van der Waals surface area contributed by atoms with Gasteiger partial charge in [0.2, 0.25) is 11.8 Å². The smallest absolute Gasteiger partial charge is 0.249 e. The number of benzene rings is 1. The lowest BCUT2D eigenvalue weighted by atomic mass is 9.90. The van der Waals surface area contributed by atoms with E-state index in [1.165, 1.54) is 12.0 Å². The summed E-state index contributed by atoms with van der Waals surface area (Å²) in [6.45, 7) is 3.29. The van der Waals surface area contributed by atoms with Gasteiger partial charge in [-0.15, -0.1) is 0 Å². The summed E-state index contributed by atoms with van der Waals surface area (Å²) >= 11 is 0. The van der Waals surface area contributed by atoms with E-state index in [9.17, 15) is 9.59 Å². The van der Waals surface area contributed by atoms with Gasteiger partial charge in [0.15, 0.2) is 0 Å². The molecule has 0 saturated carbocycles. The fourth-order valence-corrected chi connectivity index (χ4v) is 4.03. The molecule has 3 aliphatic rings. The van der Waals surface area contributed by atoms with E-state index >= 15 is 0 Å². The SMILES string of the molecule is O=C1CCC(N2CCOc3c(C4CCCNC4)cccc32)C(=O)N1. The van der Waals surface area contributed by atoms with Gasteiger partial charge in [0, 0.05) is 24.4 Å². The predicted molar refractivity (Wildman–Crippen MR) is 90.3 cm³/mol. The van der Waals surface area contributed by atoms with Crippen LogP contribution in [0.2, 0.25) is 0 Å². The van der Waals surface area contributed by atoms with Crippen LogP contribution in [0.4, 0.5) is 5.69 Å². The number of imide groups is 1. The third-order valence-corrected chi connectivity index (χ3v) is 5.24. The highest BCUT2D eigenvalue weighted by Gasteiger charge is 2.35. The quantitative estimate of drug-likeness (QED) is 0.797. The summed E-state index contributed by atoms with van der Waals surface area (Å²) < 4.78 is 6.02. The fourth-order valence-electron chi connectivity index (χ4n) is 4.03. The number of rotatable bonds is 2. The maximum Gasteiger partial charge on any atom is 0.249 e. The van der Waals surface area contributed by atoms with Gasteiger partial charge in [-0.25, -0.2) is 0 Å². The Kier molecular flexibility index (Phi) is 4.14. The Hall–Kier alpha value is -2.08. The average Bonchev–Trinajstić information content (AvgIpc) is 2.62. The number of nitrogens with zero attached hydrogens (tertiary/aromatic N) is 1. The molecule has 3 aliphatic heterocycles. The third-order valence-electron chi connectivity index (χ3n) is 5.24. The zero-order valence-corrected chi connectivity index (χ0v) is 13.7. The molecule has 0 aromatic heterocycles. The zero-order valence-electron chi connectivity index (χ0n) is 13.7. The van der Waals surface area contributed by atoms with Crippen molar-refractivity contribution in [3.8, 4) is 5.75 Å². The molecule has 2 unspecified atom stereocenters. The van der Waals surface area contributed by atoms with E-state index in [4.69, 9.17) is 4.74 Å². The van der Waals surface area contributed by atoms with Gasteiger partial charge in [-0.2, -0.15) is 0 Å². The monoisotopic (exact) mass is 329 g/mol. The van der Waals surface area contributed by atoms with Crippen LogP contribution in [-0.4, -0.2) is 44.1 Å². The van der Waals surface area contributed by atoms with E-state index < -0.39 is 0 Å². The molecule has 3 heterocycles. The van der Waals surface area contributed by atoms with Gasteiger partial charge in [0.05, 0.1) is 12.2 Å². The molecule has 0 aliphatic carbocycles. The lowest BCUT2D eigenvalue weighted by Crippen LogP contribution is -2.54. The summed E-state index contributed by atoms with van der Waals surface area (Å²) in [5, 5.41) is 5.92. The molecule has 0 radical (unpaired) electrons. The van der Waals surface area contributed by atoms with Crippen molar-refractivity contribution in [2.24, 2.45) is 0 Å². The summed E-state index contributed by atoms with van der Waals surface area (Å²) in [6.07, 6.45) is 3.30. The van der Waals surface area contributed by atoms with Crippen molar-refractivity contribution < 1.29 is 14.3 Å². The summed E-state index contributed by atoms with van der Waals surface area (Å²) in [6, 6.07) is 5.93. The van der Waals surface area contributed by atoms with E-state index in [-0.39, 0.29) is 17.9 Å². The number of carbonyl (C=O) groups is 2. The van der Waals surface area contributed by atoms with Crippen molar-refractivity contribution in [3.63, 3.8) is 0 Å². The maximum atomic E-state index is 12.3. The average molecular weight is 329 g/mol. The van der Waals surface area contributed by atoms with Crippen LogP contribution in [0.3, 0.4) is 0 Å².